The molecule has 0 nitrogen and oxygen atoms in total. The summed E-state index contributed by atoms with van der Waals surface area (Å²) in [6.07, 6.45) is 0. The maximum absolute atomic E-state index is 2.46. The van der Waals surface area contributed by atoms with E-state index in [9.17, 15) is 0 Å². The van der Waals surface area contributed by atoms with E-state index in [0.717, 1.165) is 0 Å². The van der Waals surface area contributed by atoms with E-state index in [1.165, 1.54) is 0 Å². The molecule has 0 N–H and O–H groups in total. The Morgan fingerprint density at radius 2 is 0.857 bits per heavy atom. The molecule has 4 heteroatoms. The summed E-state index contributed by atoms with van der Waals surface area (Å²) in [5.41, 5.74) is 0. The Hall–Kier alpha value is 1.47. The van der Waals surface area contributed by atoms with Gasteiger partial charge in [-0.1, -0.05) is 0 Å². The largest absolute Gasteiger partial charge is 0.214 e. The minimum absolute atomic E-state index is 0.278. The maximum atomic E-state index is 2.46. The maximum Gasteiger partial charge on any atom is -0.172 e. The normalized spacial score (nSPS) is 8.29. The molecule has 14 heavy (non-hydrogen) atoms. The van der Waals surface area contributed by atoms with Gasteiger partial charge in [-0.2, -0.15) is 36.4 Å². The van der Waals surface area contributed by atoms with E-state index in [0.29, 0.717) is 0 Å². The Morgan fingerprint density at radius 1 is 0.643 bits per heavy atom. The van der Waals surface area contributed by atoms with E-state index in [1.807, 2.05) is 60.7 Å². The SMILES string of the molecule is [I][V]([I])[I].c1cc[cH-]c1.c1cc[cH-]c1. The van der Waals surface area contributed by atoms with Crippen LogP contribution in [0.25, 0.3) is 0 Å². The van der Waals surface area contributed by atoms with Crippen molar-refractivity contribution in [2.45, 2.75) is 0 Å². The smallest absolute Gasteiger partial charge is 0.172 e. The minimum atomic E-state index is -0.278. The molecule has 0 amide bonds. The molecule has 2 aromatic rings. The van der Waals surface area contributed by atoms with E-state index in [4.69, 9.17) is 0 Å². The Labute approximate surface area is 123 Å². The van der Waals surface area contributed by atoms with Gasteiger partial charge < -0.3 is 0 Å². The second kappa shape index (κ2) is 12.5. The quantitative estimate of drug-likeness (QED) is 0.296. The average Bonchev–Trinajstić information content (AvgIpc) is 2.83. The second-order valence-electron chi connectivity index (χ2n) is 2.12. The van der Waals surface area contributed by atoms with Crippen molar-refractivity contribution in [2.75, 3.05) is 0 Å². The zero-order valence-corrected chi connectivity index (χ0v) is 15.2. The number of hydrogen-bond donors (Lipinski definition) is 0. The zero-order valence-electron chi connectivity index (χ0n) is 7.35. The first-order valence-electron chi connectivity index (χ1n) is 3.84. The molecule has 0 aliphatic carbocycles. The van der Waals surface area contributed by atoms with Crippen LogP contribution in [0.3, 0.4) is 0 Å². The molecule has 0 aliphatic heterocycles. The van der Waals surface area contributed by atoms with Crippen molar-refractivity contribution in [1.82, 2.24) is 0 Å². The van der Waals surface area contributed by atoms with Gasteiger partial charge in [0.2, 0.25) is 0 Å². The Kier molecular flexibility index (Phi) is 13.9. The van der Waals surface area contributed by atoms with Gasteiger partial charge in [0.15, 0.2) is 0 Å². The molecule has 0 heterocycles. The van der Waals surface area contributed by atoms with Crippen molar-refractivity contribution in [3.63, 3.8) is 0 Å². The van der Waals surface area contributed by atoms with E-state index in [-0.39, 0.29) is 4.92 Å². The summed E-state index contributed by atoms with van der Waals surface area (Å²) in [7, 11) is 0. The Balaban J connectivity index is 0.000000183. The van der Waals surface area contributed by atoms with Crippen LogP contribution in [0, 0.1) is 0 Å². The van der Waals surface area contributed by atoms with Crippen LogP contribution in [0.5, 0.6) is 0 Å². The van der Waals surface area contributed by atoms with Gasteiger partial charge in [0.25, 0.3) is 0 Å². The summed E-state index contributed by atoms with van der Waals surface area (Å²) < 4.78 is 0. The van der Waals surface area contributed by atoms with E-state index < -0.39 is 0 Å². The third kappa shape index (κ3) is 15.9. The Bertz CT molecular complexity index is 187. The molecule has 0 aliphatic rings. The average molecular weight is 562 g/mol. The molecule has 0 fully saturated rings. The molecule has 2 aromatic carbocycles. The molecular weight excluding hydrogens is 552 g/mol. The molecule has 0 unspecified atom stereocenters. The topological polar surface area (TPSA) is 0 Å². The van der Waals surface area contributed by atoms with E-state index in [1.54, 1.807) is 0 Å². The van der Waals surface area contributed by atoms with E-state index >= 15 is 0 Å². The summed E-state index contributed by atoms with van der Waals surface area (Å²) in [5.74, 6) is 0. The van der Waals surface area contributed by atoms with Crippen molar-refractivity contribution < 1.29 is 4.92 Å². The van der Waals surface area contributed by atoms with Gasteiger partial charge in [-0.3, -0.25) is 0 Å². The van der Waals surface area contributed by atoms with Crippen molar-refractivity contribution in [3.8, 4) is 0 Å². The van der Waals surface area contributed by atoms with Gasteiger partial charge in [0, 0.05) is 0 Å². The molecule has 0 radical (unpaired) electrons. The fraction of sp³-hybridized carbons (Fsp3) is 0. The van der Waals surface area contributed by atoms with Crippen molar-refractivity contribution in [3.05, 3.63) is 60.7 Å². The van der Waals surface area contributed by atoms with Crippen LogP contribution in [0.1, 0.15) is 0 Å². The number of halogens is 3. The summed E-state index contributed by atoms with van der Waals surface area (Å²) in [6.45, 7) is 0. The molecule has 2 rings (SSSR count). The fourth-order valence-electron chi connectivity index (χ4n) is 0.642. The van der Waals surface area contributed by atoms with Crippen molar-refractivity contribution in [2.24, 2.45) is 0 Å². The van der Waals surface area contributed by atoms with Gasteiger partial charge in [-0.15, -0.1) is 0 Å². The summed E-state index contributed by atoms with van der Waals surface area (Å²) >= 11 is 7.39. The molecule has 0 spiro atoms. The van der Waals surface area contributed by atoms with Gasteiger partial charge in [-0.05, 0) is 0 Å². The van der Waals surface area contributed by atoms with Gasteiger partial charge in [0.1, 0.15) is 0 Å². The third-order valence-electron chi connectivity index (χ3n) is 1.11. The monoisotopic (exact) mass is 562 g/mol. The molecule has 0 saturated carbocycles. The molecule has 0 bridgehead atoms. The Morgan fingerprint density at radius 3 is 0.929 bits per heavy atom. The molecule has 78 valence electrons. The zero-order chi connectivity index (χ0) is 10.6. The number of hydrogen-bond acceptors (Lipinski definition) is 0. The van der Waals surface area contributed by atoms with Crippen LogP contribution in [-0.4, -0.2) is 0 Å². The predicted octanol–water partition coefficient (Wildman–Crippen LogP) is 5.47. The van der Waals surface area contributed by atoms with Gasteiger partial charge in [-0.25, -0.2) is 24.3 Å². The van der Waals surface area contributed by atoms with E-state index in [2.05, 4.69) is 59.9 Å². The second-order valence-corrected chi connectivity index (χ2v) is 37.5. The summed E-state index contributed by atoms with van der Waals surface area (Å²) in [5, 5.41) is 0. The van der Waals surface area contributed by atoms with Crippen LogP contribution in [0.2, 0.25) is 0 Å². The van der Waals surface area contributed by atoms with Gasteiger partial charge in [0.05, 0.1) is 0 Å². The third-order valence-corrected chi connectivity index (χ3v) is 1.11. The summed E-state index contributed by atoms with van der Waals surface area (Å²) in [6, 6.07) is 20.0. The predicted molar refractivity (Wildman–Crippen MR) is 86.1 cm³/mol. The van der Waals surface area contributed by atoms with Crippen LogP contribution >= 0.6 is 59.9 Å². The minimum Gasteiger partial charge on any atom is -0.214 e. The molecule has 0 atom stereocenters. The van der Waals surface area contributed by atoms with Crippen LogP contribution in [-0.2, 0) is 4.92 Å². The first kappa shape index (κ1) is 15.5. The van der Waals surface area contributed by atoms with Gasteiger partial charge >= 0.3 is 64.9 Å². The van der Waals surface area contributed by atoms with Crippen LogP contribution < -0.4 is 0 Å². The number of rotatable bonds is 0. The van der Waals surface area contributed by atoms with Crippen molar-refractivity contribution >= 4 is 59.9 Å². The molecule has 0 saturated heterocycles. The van der Waals surface area contributed by atoms with Crippen LogP contribution in [0.15, 0.2) is 60.7 Å². The first-order valence-corrected chi connectivity index (χ1v) is 17.4. The standard InChI is InChI=1S/2C5H5.3HI.V/c2*1-2-4-5-3-1;;;;/h2*1-5H;3*1H;/q2*-1;;;;+3/p-3. The first-order chi connectivity index (χ1) is 6.73. The fourth-order valence-corrected chi connectivity index (χ4v) is 0.642. The van der Waals surface area contributed by atoms with Crippen LogP contribution in [0.4, 0.5) is 0 Å². The summed E-state index contributed by atoms with van der Waals surface area (Å²) in [4.78, 5) is -0.278. The molecular formula is C10H10I3V-2. The molecule has 0 aromatic heterocycles. The van der Waals surface area contributed by atoms with Crippen molar-refractivity contribution in [1.29, 1.82) is 0 Å².